The van der Waals surface area contributed by atoms with Gasteiger partial charge in [0.25, 0.3) is 0 Å². The van der Waals surface area contributed by atoms with Crippen LogP contribution in [0, 0.1) is 5.41 Å². The van der Waals surface area contributed by atoms with Gasteiger partial charge in [-0.2, -0.15) is 0 Å². The average molecular weight is 212 g/mol. The first kappa shape index (κ1) is 11.0. The third-order valence-electron chi connectivity index (χ3n) is 1.39. The van der Waals surface area contributed by atoms with E-state index < -0.39 is 0 Å². The topological polar surface area (TPSA) is 0 Å². The Hall–Kier alpha value is -0.0800. The number of rotatable bonds is 3. The van der Waals surface area contributed by atoms with Crippen LogP contribution in [0.3, 0.4) is 0 Å². The molecule has 1 rings (SSSR count). The predicted molar refractivity (Wildman–Crippen MR) is 64.2 cm³/mol. The Kier molecular flexibility index (Phi) is 4.20. The highest BCUT2D eigenvalue weighted by molar-refractivity contribution is 8.76. The summed E-state index contributed by atoms with van der Waals surface area (Å²) in [6.45, 7) is 6.81. The molecule has 0 radical (unpaired) electrons. The summed E-state index contributed by atoms with van der Waals surface area (Å²) in [4.78, 5) is 1.34. The summed E-state index contributed by atoms with van der Waals surface area (Å²) in [6, 6.07) is 10.5. The number of hydrogen-bond donors (Lipinski definition) is 0. The van der Waals surface area contributed by atoms with Crippen molar-refractivity contribution in [3.05, 3.63) is 30.3 Å². The first-order valence-corrected chi connectivity index (χ1v) is 6.74. The zero-order valence-electron chi connectivity index (χ0n) is 8.41. The third-order valence-corrected chi connectivity index (χ3v) is 4.24. The van der Waals surface area contributed by atoms with Crippen molar-refractivity contribution in [1.29, 1.82) is 0 Å². The van der Waals surface area contributed by atoms with E-state index in [-0.39, 0.29) is 0 Å². The van der Waals surface area contributed by atoms with Crippen LogP contribution in [0.1, 0.15) is 20.8 Å². The Bertz CT molecular complexity index is 236. The van der Waals surface area contributed by atoms with Gasteiger partial charge in [0.15, 0.2) is 0 Å². The summed E-state index contributed by atoms with van der Waals surface area (Å²) in [5.74, 6) is 1.19. The molecule has 0 amide bonds. The van der Waals surface area contributed by atoms with Crippen molar-refractivity contribution >= 4 is 21.6 Å². The maximum atomic E-state index is 2.27. The molecular formula is C11H16S2. The molecule has 72 valence electrons. The zero-order chi connectivity index (χ0) is 9.73. The minimum Gasteiger partial charge on any atom is -0.0884 e. The van der Waals surface area contributed by atoms with Gasteiger partial charge >= 0.3 is 0 Å². The molecule has 0 N–H and O–H groups in total. The van der Waals surface area contributed by atoms with Gasteiger partial charge in [0, 0.05) is 10.6 Å². The van der Waals surface area contributed by atoms with E-state index in [1.165, 1.54) is 10.6 Å². The molecule has 0 nitrogen and oxygen atoms in total. The molecule has 13 heavy (non-hydrogen) atoms. The van der Waals surface area contributed by atoms with Crippen molar-refractivity contribution < 1.29 is 0 Å². The van der Waals surface area contributed by atoms with Gasteiger partial charge in [-0.25, -0.2) is 0 Å². The fraction of sp³-hybridized carbons (Fsp3) is 0.455. The van der Waals surface area contributed by atoms with Crippen molar-refractivity contribution in [3.8, 4) is 0 Å². The van der Waals surface area contributed by atoms with Gasteiger partial charge in [-0.3, -0.25) is 0 Å². The predicted octanol–water partition coefficient (Wildman–Crippen LogP) is 4.47. The van der Waals surface area contributed by atoms with E-state index in [2.05, 4.69) is 51.1 Å². The van der Waals surface area contributed by atoms with Crippen LogP contribution in [-0.2, 0) is 0 Å². The maximum absolute atomic E-state index is 2.27. The average Bonchev–Trinajstić information content (AvgIpc) is 2.04. The van der Waals surface area contributed by atoms with Gasteiger partial charge in [0.2, 0.25) is 0 Å². The van der Waals surface area contributed by atoms with Gasteiger partial charge in [-0.1, -0.05) is 60.6 Å². The molecule has 1 aromatic rings. The fourth-order valence-electron chi connectivity index (χ4n) is 0.750. The summed E-state index contributed by atoms with van der Waals surface area (Å²) < 4.78 is 0. The minimum atomic E-state index is 0.423. The van der Waals surface area contributed by atoms with E-state index in [0.29, 0.717) is 5.41 Å². The number of hydrogen-bond acceptors (Lipinski definition) is 2. The summed E-state index contributed by atoms with van der Waals surface area (Å²) in [5, 5.41) is 0. The Labute approximate surface area is 88.9 Å². The van der Waals surface area contributed by atoms with Gasteiger partial charge < -0.3 is 0 Å². The molecule has 0 saturated carbocycles. The molecule has 0 aromatic heterocycles. The van der Waals surface area contributed by atoms with Crippen molar-refractivity contribution in [2.75, 3.05) is 5.75 Å². The Morgan fingerprint density at radius 2 is 1.69 bits per heavy atom. The van der Waals surface area contributed by atoms with Crippen LogP contribution >= 0.6 is 21.6 Å². The van der Waals surface area contributed by atoms with Crippen molar-refractivity contribution in [2.24, 2.45) is 5.41 Å². The second-order valence-corrected chi connectivity index (χ2v) is 6.59. The molecule has 0 bridgehead atoms. The monoisotopic (exact) mass is 212 g/mol. The van der Waals surface area contributed by atoms with Crippen LogP contribution in [0.5, 0.6) is 0 Å². The first-order chi connectivity index (χ1) is 6.08. The molecule has 0 saturated heterocycles. The van der Waals surface area contributed by atoms with Crippen LogP contribution < -0.4 is 0 Å². The highest BCUT2D eigenvalue weighted by atomic mass is 33.1. The van der Waals surface area contributed by atoms with E-state index in [1.807, 2.05) is 21.6 Å². The van der Waals surface area contributed by atoms with Crippen LogP contribution in [0.25, 0.3) is 0 Å². The Morgan fingerprint density at radius 3 is 2.23 bits per heavy atom. The van der Waals surface area contributed by atoms with Crippen molar-refractivity contribution in [3.63, 3.8) is 0 Å². The van der Waals surface area contributed by atoms with Gasteiger partial charge in [0.05, 0.1) is 0 Å². The summed E-state index contributed by atoms with van der Waals surface area (Å²) in [7, 11) is 3.79. The molecule has 0 atom stereocenters. The van der Waals surface area contributed by atoms with Gasteiger partial charge in [-0.05, 0) is 17.5 Å². The largest absolute Gasteiger partial charge is 0.0884 e. The van der Waals surface area contributed by atoms with E-state index in [0.717, 1.165) is 0 Å². The second-order valence-electron chi connectivity index (χ2n) is 4.22. The van der Waals surface area contributed by atoms with Crippen LogP contribution in [0.15, 0.2) is 35.2 Å². The second kappa shape index (κ2) is 4.97. The quantitative estimate of drug-likeness (QED) is 0.678. The minimum absolute atomic E-state index is 0.423. The lowest BCUT2D eigenvalue weighted by Crippen LogP contribution is -2.06. The van der Waals surface area contributed by atoms with Crippen molar-refractivity contribution in [2.45, 2.75) is 25.7 Å². The molecule has 0 fully saturated rings. The fourth-order valence-corrected chi connectivity index (χ4v) is 3.55. The number of benzene rings is 1. The van der Waals surface area contributed by atoms with E-state index in [4.69, 9.17) is 0 Å². The summed E-state index contributed by atoms with van der Waals surface area (Å²) >= 11 is 0. The molecule has 0 unspecified atom stereocenters. The highest BCUT2D eigenvalue weighted by Crippen LogP contribution is 2.35. The lowest BCUT2D eigenvalue weighted by molar-refractivity contribution is 0.482. The molecule has 1 aromatic carbocycles. The SMILES string of the molecule is CC(C)(C)CSSc1ccccc1. The molecule has 0 aliphatic rings. The van der Waals surface area contributed by atoms with E-state index in [9.17, 15) is 0 Å². The highest BCUT2D eigenvalue weighted by Gasteiger charge is 2.09. The lowest BCUT2D eigenvalue weighted by Gasteiger charge is -2.16. The maximum Gasteiger partial charge on any atom is 0.0182 e. The summed E-state index contributed by atoms with van der Waals surface area (Å²) in [5.41, 5.74) is 0.423. The molecule has 0 aliphatic carbocycles. The van der Waals surface area contributed by atoms with E-state index in [1.54, 1.807) is 0 Å². The van der Waals surface area contributed by atoms with Gasteiger partial charge in [-0.15, -0.1) is 0 Å². The molecule has 0 aliphatic heterocycles. The molecule has 0 heterocycles. The third kappa shape index (κ3) is 5.27. The first-order valence-electron chi connectivity index (χ1n) is 4.42. The van der Waals surface area contributed by atoms with Crippen LogP contribution in [0.2, 0.25) is 0 Å². The molecule has 0 spiro atoms. The zero-order valence-corrected chi connectivity index (χ0v) is 10.0. The molecular weight excluding hydrogens is 196 g/mol. The Morgan fingerprint density at radius 1 is 1.08 bits per heavy atom. The standard InChI is InChI=1S/C11H16S2/c1-11(2,3)9-12-13-10-7-5-4-6-8-10/h4-8H,9H2,1-3H3. The van der Waals surface area contributed by atoms with Gasteiger partial charge in [0.1, 0.15) is 0 Å². The van der Waals surface area contributed by atoms with Crippen molar-refractivity contribution in [1.82, 2.24) is 0 Å². The smallest absolute Gasteiger partial charge is 0.0182 e. The lowest BCUT2D eigenvalue weighted by atomic mass is 10.0. The Balaban J connectivity index is 2.29. The van der Waals surface area contributed by atoms with Crippen LogP contribution in [-0.4, -0.2) is 5.75 Å². The van der Waals surface area contributed by atoms with Crippen LogP contribution in [0.4, 0.5) is 0 Å². The molecule has 2 heteroatoms. The normalized spacial score (nSPS) is 11.6. The summed E-state index contributed by atoms with van der Waals surface area (Å²) in [6.07, 6.45) is 0. The van der Waals surface area contributed by atoms with E-state index >= 15 is 0 Å².